The summed E-state index contributed by atoms with van der Waals surface area (Å²) in [5.74, 6) is 1.39. The number of aromatic nitrogens is 1. The first-order valence-electron chi connectivity index (χ1n) is 5.06. The monoisotopic (exact) mass is 229 g/mol. The van der Waals surface area contributed by atoms with E-state index in [1.54, 1.807) is 37.6 Å². The first kappa shape index (κ1) is 11.1. The van der Waals surface area contributed by atoms with Gasteiger partial charge >= 0.3 is 0 Å². The number of para-hydroxylation sites is 2. The van der Waals surface area contributed by atoms with Crippen molar-refractivity contribution in [2.75, 3.05) is 7.11 Å². The summed E-state index contributed by atoms with van der Waals surface area (Å²) in [6, 6.07) is 10.5. The van der Waals surface area contributed by atoms with Gasteiger partial charge in [0.05, 0.1) is 12.7 Å². The molecule has 2 rings (SSSR count). The van der Waals surface area contributed by atoms with E-state index in [1.165, 1.54) is 0 Å². The summed E-state index contributed by atoms with van der Waals surface area (Å²) < 4.78 is 10.7. The van der Waals surface area contributed by atoms with E-state index >= 15 is 0 Å². The van der Waals surface area contributed by atoms with Crippen LogP contribution in [0, 0.1) is 0 Å². The fourth-order valence-electron chi connectivity index (χ4n) is 1.39. The Labute approximate surface area is 98.8 Å². The van der Waals surface area contributed by atoms with E-state index in [-0.39, 0.29) is 5.88 Å². The van der Waals surface area contributed by atoms with Crippen LogP contribution in [0.4, 0.5) is 0 Å². The standard InChI is InChI=1S/C13H11NO3/c1-16-11-6-2-3-7-12(11)17-13-10(9-15)5-4-8-14-13/h2-9H,1H3. The molecule has 0 spiro atoms. The van der Waals surface area contributed by atoms with Gasteiger partial charge in [0, 0.05) is 6.20 Å². The van der Waals surface area contributed by atoms with E-state index in [9.17, 15) is 4.79 Å². The average molecular weight is 229 g/mol. The first-order valence-corrected chi connectivity index (χ1v) is 5.06. The predicted octanol–water partition coefficient (Wildman–Crippen LogP) is 2.70. The largest absolute Gasteiger partial charge is 0.493 e. The fourth-order valence-corrected chi connectivity index (χ4v) is 1.39. The van der Waals surface area contributed by atoms with Crippen LogP contribution in [0.25, 0.3) is 0 Å². The number of hydrogen-bond acceptors (Lipinski definition) is 4. The minimum absolute atomic E-state index is 0.270. The first-order chi connectivity index (χ1) is 8.35. The number of ether oxygens (including phenoxy) is 2. The van der Waals surface area contributed by atoms with Crippen molar-refractivity contribution in [2.45, 2.75) is 0 Å². The molecular formula is C13H11NO3. The second-order valence-corrected chi connectivity index (χ2v) is 3.27. The minimum Gasteiger partial charge on any atom is -0.493 e. The lowest BCUT2D eigenvalue weighted by atomic mass is 10.3. The van der Waals surface area contributed by atoms with Gasteiger partial charge in [0.1, 0.15) is 0 Å². The highest BCUT2D eigenvalue weighted by atomic mass is 16.5. The van der Waals surface area contributed by atoms with Crippen molar-refractivity contribution >= 4 is 6.29 Å². The molecule has 0 radical (unpaired) electrons. The van der Waals surface area contributed by atoms with Gasteiger partial charge in [0.25, 0.3) is 0 Å². The molecule has 2 aromatic rings. The third-order valence-corrected chi connectivity index (χ3v) is 2.20. The second-order valence-electron chi connectivity index (χ2n) is 3.27. The lowest BCUT2D eigenvalue weighted by molar-refractivity contribution is 0.112. The molecule has 0 amide bonds. The third-order valence-electron chi connectivity index (χ3n) is 2.20. The van der Waals surface area contributed by atoms with Crippen LogP contribution >= 0.6 is 0 Å². The van der Waals surface area contributed by atoms with Crippen molar-refractivity contribution in [3.63, 3.8) is 0 Å². The van der Waals surface area contributed by atoms with E-state index < -0.39 is 0 Å². The molecule has 0 N–H and O–H groups in total. The number of benzene rings is 1. The Balaban J connectivity index is 2.34. The smallest absolute Gasteiger partial charge is 0.229 e. The van der Waals surface area contributed by atoms with E-state index in [0.29, 0.717) is 23.3 Å². The molecule has 0 fully saturated rings. The van der Waals surface area contributed by atoms with Gasteiger partial charge in [0.15, 0.2) is 17.8 Å². The predicted molar refractivity (Wildman–Crippen MR) is 62.7 cm³/mol. The van der Waals surface area contributed by atoms with Crippen LogP contribution in [0.2, 0.25) is 0 Å². The summed E-state index contributed by atoms with van der Waals surface area (Å²) in [6.07, 6.45) is 2.27. The number of pyridine rings is 1. The number of aldehydes is 1. The molecule has 1 aromatic heterocycles. The Kier molecular flexibility index (Phi) is 3.35. The maximum atomic E-state index is 10.8. The van der Waals surface area contributed by atoms with Gasteiger partial charge in [-0.15, -0.1) is 0 Å². The van der Waals surface area contributed by atoms with E-state index in [4.69, 9.17) is 9.47 Å². The Morgan fingerprint density at radius 2 is 1.88 bits per heavy atom. The molecule has 17 heavy (non-hydrogen) atoms. The number of methoxy groups -OCH3 is 1. The van der Waals surface area contributed by atoms with Crippen LogP contribution in [0.5, 0.6) is 17.4 Å². The molecule has 0 unspecified atom stereocenters. The molecule has 0 aliphatic heterocycles. The Bertz CT molecular complexity index is 526. The van der Waals surface area contributed by atoms with Crippen molar-refractivity contribution in [1.82, 2.24) is 4.98 Å². The van der Waals surface area contributed by atoms with Gasteiger partial charge in [-0.3, -0.25) is 4.79 Å². The zero-order chi connectivity index (χ0) is 12.1. The van der Waals surface area contributed by atoms with Gasteiger partial charge < -0.3 is 9.47 Å². The molecule has 0 aliphatic rings. The Morgan fingerprint density at radius 1 is 1.12 bits per heavy atom. The summed E-state index contributed by atoms with van der Waals surface area (Å²) in [4.78, 5) is 14.8. The van der Waals surface area contributed by atoms with Crippen LogP contribution in [-0.2, 0) is 0 Å². The molecular weight excluding hydrogens is 218 g/mol. The molecule has 0 saturated carbocycles. The molecule has 86 valence electrons. The molecule has 1 aromatic carbocycles. The molecule has 4 heteroatoms. The maximum Gasteiger partial charge on any atom is 0.229 e. The zero-order valence-electron chi connectivity index (χ0n) is 9.29. The molecule has 0 saturated heterocycles. The van der Waals surface area contributed by atoms with Crippen molar-refractivity contribution in [3.8, 4) is 17.4 Å². The highest BCUT2D eigenvalue weighted by Gasteiger charge is 2.08. The van der Waals surface area contributed by atoms with Gasteiger partial charge in [-0.2, -0.15) is 0 Å². The van der Waals surface area contributed by atoms with Gasteiger partial charge in [-0.05, 0) is 24.3 Å². The fraction of sp³-hybridized carbons (Fsp3) is 0.0769. The van der Waals surface area contributed by atoms with E-state index in [1.807, 2.05) is 12.1 Å². The summed E-state index contributed by atoms with van der Waals surface area (Å²) in [5.41, 5.74) is 0.401. The van der Waals surface area contributed by atoms with Gasteiger partial charge in [-0.1, -0.05) is 12.1 Å². The number of carbonyl (C=O) groups is 1. The molecule has 0 bridgehead atoms. The summed E-state index contributed by atoms with van der Waals surface area (Å²) in [7, 11) is 1.56. The van der Waals surface area contributed by atoms with E-state index in [2.05, 4.69) is 4.98 Å². The highest BCUT2D eigenvalue weighted by molar-refractivity contribution is 5.78. The van der Waals surface area contributed by atoms with Crippen LogP contribution < -0.4 is 9.47 Å². The maximum absolute atomic E-state index is 10.8. The lowest BCUT2D eigenvalue weighted by Gasteiger charge is -2.09. The Hall–Kier alpha value is -2.36. The quantitative estimate of drug-likeness (QED) is 0.756. The SMILES string of the molecule is COc1ccccc1Oc1ncccc1C=O. The van der Waals surface area contributed by atoms with Crippen molar-refractivity contribution in [1.29, 1.82) is 0 Å². The average Bonchev–Trinajstić information content (AvgIpc) is 2.40. The van der Waals surface area contributed by atoms with Crippen molar-refractivity contribution in [3.05, 3.63) is 48.2 Å². The molecule has 0 atom stereocenters. The number of hydrogen-bond donors (Lipinski definition) is 0. The normalized spacial score (nSPS) is 9.71. The molecule has 4 nitrogen and oxygen atoms in total. The number of nitrogens with zero attached hydrogens (tertiary/aromatic N) is 1. The lowest BCUT2D eigenvalue weighted by Crippen LogP contribution is -1.95. The topological polar surface area (TPSA) is 48.4 Å². The van der Waals surface area contributed by atoms with Crippen LogP contribution in [0.3, 0.4) is 0 Å². The van der Waals surface area contributed by atoms with Crippen LogP contribution in [-0.4, -0.2) is 18.4 Å². The summed E-state index contributed by atoms with van der Waals surface area (Å²) in [6.45, 7) is 0. The van der Waals surface area contributed by atoms with Crippen molar-refractivity contribution < 1.29 is 14.3 Å². The van der Waals surface area contributed by atoms with Crippen molar-refractivity contribution in [2.24, 2.45) is 0 Å². The minimum atomic E-state index is 0.270. The highest BCUT2D eigenvalue weighted by Crippen LogP contribution is 2.30. The van der Waals surface area contributed by atoms with Crippen LogP contribution in [0.15, 0.2) is 42.6 Å². The van der Waals surface area contributed by atoms with E-state index in [0.717, 1.165) is 0 Å². The summed E-state index contributed by atoms with van der Waals surface area (Å²) >= 11 is 0. The zero-order valence-corrected chi connectivity index (χ0v) is 9.29. The van der Waals surface area contributed by atoms with Gasteiger partial charge in [0.2, 0.25) is 5.88 Å². The molecule has 0 aliphatic carbocycles. The van der Waals surface area contributed by atoms with Gasteiger partial charge in [-0.25, -0.2) is 4.98 Å². The van der Waals surface area contributed by atoms with Crippen LogP contribution in [0.1, 0.15) is 10.4 Å². The number of rotatable bonds is 4. The molecule has 1 heterocycles. The second kappa shape index (κ2) is 5.12. The summed E-state index contributed by atoms with van der Waals surface area (Å²) in [5, 5.41) is 0. The number of carbonyl (C=O) groups excluding carboxylic acids is 1. The third kappa shape index (κ3) is 2.42. The Morgan fingerprint density at radius 3 is 2.59 bits per heavy atom.